The lowest BCUT2D eigenvalue weighted by molar-refractivity contribution is -0.137. The summed E-state index contributed by atoms with van der Waals surface area (Å²) < 4.78 is 11.3. The fraction of sp³-hybridized carbons (Fsp3) is 0.917. The van der Waals surface area contributed by atoms with Crippen molar-refractivity contribution in [2.45, 2.75) is 59.5 Å². The van der Waals surface area contributed by atoms with Gasteiger partial charge in [-0.25, -0.2) is 0 Å². The summed E-state index contributed by atoms with van der Waals surface area (Å²) in [5.41, 5.74) is 0.160. The zero-order valence-corrected chi connectivity index (χ0v) is 12.2. The Kier molecular flexibility index (Phi) is 5.75. The van der Waals surface area contributed by atoms with Gasteiger partial charge < -0.3 is 9.67 Å². The predicted molar refractivity (Wildman–Crippen MR) is 68.9 cm³/mol. The molecule has 0 saturated heterocycles. The van der Waals surface area contributed by atoms with Crippen molar-refractivity contribution >= 4 is 14.4 Å². The third-order valence-corrected chi connectivity index (χ3v) is 4.39. The van der Waals surface area contributed by atoms with E-state index in [4.69, 9.17) is 5.11 Å². The number of carbonyl (C=O) groups is 1. The number of aliphatic carboxylic acids is 1. The van der Waals surface area contributed by atoms with Crippen molar-refractivity contribution in [3.8, 4) is 0 Å². The van der Waals surface area contributed by atoms with Crippen molar-refractivity contribution in [2.75, 3.05) is 0 Å². The molecular formula is C12H25O3P. The van der Waals surface area contributed by atoms with E-state index in [9.17, 15) is 9.36 Å². The average molecular weight is 248 g/mol. The maximum Gasteiger partial charge on any atom is 0.303 e. The van der Waals surface area contributed by atoms with Crippen molar-refractivity contribution in [1.82, 2.24) is 0 Å². The molecule has 16 heavy (non-hydrogen) atoms. The molecule has 96 valence electrons. The van der Waals surface area contributed by atoms with Gasteiger partial charge in [-0.15, -0.1) is 0 Å². The molecule has 0 radical (unpaired) electrons. The summed E-state index contributed by atoms with van der Waals surface area (Å²) >= 11 is 0. The van der Waals surface area contributed by atoms with Crippen LogP contribution in [-0.2, 0) is 9.36 Å². The van der Waals surface area contributed by atoms with Gasteiger partial charge in [0.15, 0.2) is 0 Å². The van der Waals surface area contributed by atoms with Gasteiger partial charge in [0.2, 0.25) is 0 Å². The van der Waals surface area contributed by atoms with Crippen LogP contribution in [0, 0.1) is 10.8 Å². The summed E-state index contributed by atoms with van der Waals surface area (Å²) in [5.74, 6) is -0.801. The van der Waals surface area contributed by atoms with Crippen LogP contribution in [0.3, 0.4) is 0 Å². The van der Waals surface area contributed by atoms with E-state index in [-0.39, 0.29) is 22.9 Å². The molecule has 0 aromatic carbocycles. The molecule has 0 aromatic rings. The van der Waals surface area contributed by atoms with E-state index in [0.29, 0.717) is 6.42 Å². The molecule has 0 bridgehead atoms. The Morgan fingerprint density at radius 2 is 1.75 bits per heavy atom. The van der Waals surface area contributed by atoms with Crippen LogP contribution in [0.25, 0.3) is 0 Å². The molecule has 3 nitrogen and oxygen atoms in total. The van der Waals surface area contributed by atoms with E-state index in [1.165, 1.54) is 0 Å². The van der Waals surface area contributed by atoms with E-state index < -0.39 is 14.4 Å². The third kappa shape index (κ3) is 6.32. The Morgan fingerprint density at radius 3 is 2.06 bits per heavy atom. The fourth-order valence-electron chi connectivity index (χ4n) is 2.42. The van der Waals surface area contributed by atoms with Gasteiger partial charge >= 0.3 is 5.97 Å². The van der Waals surface area contributed by atoms with Crippen molar-refractivity contribution in [1.29, 1.82) is 0 Å². The maximum absolute atomic E-state index is 11.3. The van der Waals surface area contributed by atoms with Gasteiger partial charge in [0.25, 0.3) is 0 Å². The monoisotopic (exact) mass is 248 g/mol. The molecule has 0 saturated carbocycles. The second-order valence-corrected chi connectivity index (χ2v) is 7.48. The first kappa shape index (κ1) is 15.7. The van der Waals surface area contributed by atoms with Gasteiger partial charge in [0, 0.05) is 12.1 Å². The third-order valence-electron chi connectivity index (χ3n) is 2.82. The molecular weight excluding hydrogens is 223 g/mol. The Morgan fingerprint density at radius 1 is 1.25 bits per heavy atom. The van der Waals surface area contributed by atoms with Crippen LogP contribution in [0.1, 0.15) is 53.9 Å². The van der Waals surface area contributed by atoms with Crippen LogP contribution in [0.4, 0.5) is 0 Å². The molecule has 0 heterocycles. The normalized spacial score (nSPS) is 15.6. The molecule has 0 aliphatic carbocycles. The number of hydrogen-bond donors (Lipinski definition) is 1. The topological polar surface area (TPSA) is 54.4 Å². The molecule has 0 fully saturated rings. The number of carboxylic acid groups (broad SMARTS) is 1. The molecule has 2 atom stereocenters. The van der Waals surface area contributed by atoms with Crippen molar-refractivity contribution in [3.63, 3.8) is 0 Å². The Balaban J connectivity index is 4.54. The van der Waals surface area contributed by atoms with Gasteiger partial charge in [-0.1, -0.05) is 34.6 Å². The van der Waals surface area contributed by atoms with Crippen LogP contribution < -0.4 is 0 Å². The van der Waals surface area contributed by atoms with Crippen molar-refractivity contribution < 1.29 is 14.5 Å². The number of carboxylic acids is 1. The predicted octanol–water partition coefficient (Wildman–Crippen LogP) is 3.44. The zero-order chi connectivity index (χ0) is 13.0. The van der Waals surface area contributed by atoms with Gasteiger partial charge in [0.05, 0.1) is 8.46 Å². The summed E-state index contributed by atoms with van der Waals surface area (Å²) in [6, 6.07) is 0. The van der Waals surface area contributed by atoms with E-state index in [1.54, 1.807) is 0 Å². The SMILES string of the molecule is CC(C)(C)CC(C)(C)C(CCC(=O)O)[PH2]=O. The molecule has 0 spiro atoms. The molecule has 4 heteroatoms. The molecule has 0 rings (SSSR count). The lowest BCUT2D eigenvalue weighted by Crippen LogP contribution is -2.30. The Labute approximate surface area is 99.8 Å². The standard InChI is InChI=1S/C12H25O3P/c1-11(2,3)8-12(4,5)9(16-15)6-7-10(13)14/h9H,6-8,16H2,1-5H3,(H,13,14). The number of hydrogen-bond acceptors (Lipinski definition) is 2. The van der Waals surface area contributed by atoms with Crippen LogP contribution in [0.15, 0.2) is 0 Å². The fourth-order valence-corrected chi connectivity index (χ4v) is 3.21. The summed E-state index contributed by atoms with van der Waals surface area (Å²) in [5, 5.41) is 8.66. The molecule has 0 amide bonds. The molecule has 0 aromatic heterocycles. The van der Waals surface area contributed by atoms with Crippen LogP contribution in [-0.4, -0.2) is 16.7 Å². The summed E-state index contributed by atoms with van der Waals surface area (Å²) in [6.07, 6.45) is 1.60. The lowest BCUT2D eigenvalue weighted by atomic mass is 9.73. The summed E-state index contributed by atoms with van der Waals surface area (Å²) in [6.45, 7) is 10.7. The van der Waals surface area contributed by atoms with E-state index in [2.05, 4.69) is 34.6 Å². The van der Waals surface area contributed by atoms with E-state index in [1.807, 2.05) is 0 Å². The first-order chi connectivity index (χ1) is 7.08. The second kappa shape index (κ2) is 5.86. The maximum atomic E-state index is 11.3. The Hall–Kier alpha value is -0.300. The van der Waals surface area contributed by atoms with Gasteiger partial charge in [-0.05, 0) is 23.7 Å². The second-order valence-electron chi connectivity index (χ2n) is 6.40. The minimum absolute atomic E-state index is 0.0304. The summed E-state index contributed by atoms with van der Waals surface area (Å²) in [7, 11) is -0.915. The van der Waals surface area contributed by atoms with E-state index in [0.717, 1.165) is 6.42 Å². The van der Waals surface area contributed by atoms with Gasteiger partial charge in [0.1, 0.15) is 0 Å². The van der Waals surface area contributed by atoms with Gasteiger partial charge in [-0.2, -0.15) is 0 Å². The highest BCUT2D eigenvalue weighted by molar-refractivity contribution is 7.24. The first-order valence-electron chi connectivity index (χ1n) is 5.75. The Bertz CT molecular complexity index is 253. The van der Waals surface area contributed by atoms with Crippen molar-refractivity contribution in [3.05, 3.63) is 0 Å². The highest BCUT2D eigenvalue weighted by Crippen LogP contribution is 2.42. The smallest absolute Gasteiger partial charge is 0.303 e. The minimum Gasteiger partial charge on any atom is -0.481 e. The molecule has 0 aliphatic rings. The molecule has 1 N–H and O–H groups in total. The lowest BCUT2D eigenvalue weighted by Gasteiger charge is -2.36. The minimum atomic E-state index is -0.915. The number of rotatable bonds is 6. The highest BCUT2D eigenvalue weighted by Gasteiger charge is 2.32. The molecule has 0 aliphatic heterocycles. The van der Waals surface area contributed by atoms with Crippen LogP contribution >= 0.6 is 8.46 Å². The quantitative estimate of drug-likeness (QED) is 0.732. The van der Waals surface area contributed by atoms with E-state index >= 15 is 0 Å². The van der Waals surface area contributed by atoms with Gasteiger partial charge in [-0.3, -0.25) is 4.79 Å². The molecule has 2 unspecified atom stereocenters. The van der Waals surface area contributed by atoms with Crippen LogP contribution in [0.2, 0.25) is 0 Å². The summed E-state index contributed by atoms with van der Waals surface area (Å²) in [4.78, 5) is 10.5. The van der Waals surface area contributed by atoms with Crippen molar-refractivity contribution in [2.24, 2.45) is 10.8 Å². The largest absolute Gasteiger partial charge is 0.481 e. The van der Waals surface area contributed by atoms with Crippen LogP contribution in [0.5, 0.6) is 0 Å². The zero-order valence-electron chi connectivity index (χ0n) is 11.0. The highest BCUT2D eigenvalue weighted by atomic mass is 31.1. The average Bonchev–Trinajstić information content (AvgIpc) is 1.98. The first-order valence-corrected chi connectivity index (χ1v) is 6.89.